The van der Waals surface area contributed by atoms with Gasteiger partial charge in [-0.3, -0.25) is 14.5 Å². The Hall–Kier alpha value is -3.81. The molecule has 33 heavy (non-hydrogen) atoms. The summed E-state index contributed by atoms with van der Waals surface area (Å²) >= 11 is 0. The molecule has 4 rings (SSSR count). The largest absolute Gasteiger partial charge is 0.484 e. The molecule has 7 nitrogen and oxygen atoms in total. The van der Waals surface area contributed by atoms with Crippen LogP contribution in [0.25, 0.3) is 0 Å². The number of nitrogens with zero attached hydrogens (tertiary/aromatic N) is 4. The van der Waals surface area contributed by atoms with Gasteiger partial charge in [-0.2, -0.15) is 0 Å². The molecule has 2 amide bonds. The van der Waals surface area contributed by atoms with Crippen molar-refractivity contribution in [1.29, 1.82) is 0 Å². The maximum absolute atomic E-state index is 13.3. The molecule has 170 valence electrons. The molecular weight excluding hydrogens is 423 g/mol. The molecule has 0 bridgehead atoms. The predicted octanol–water partition coefficient (Wildman–Crippen LogP) is 3.44. The average molecular weight is 448 g/mol. The quantitative estimate of drug-likeness (QED) is 0.554. The third-order valence-electron chi connectivity index (χ3n) is 5.55. The third kappa shape index (κ3) is 5.34. The topological polar surface area (TPSA) is 75.6 Å². The van der Waals surface area contributed by atoms with E-state index in [0.717, 1.165) is 16.8 Å². The maximum Gasteiger partial charge on any atom is 0.260 e. The summed E-state index contributed by atoms with van der Waals surface area (Å²) in [5.41, 5.74) is 2.51. The lowest BCUT2D eigenvalue weighted by atomic mass is 10.0. The number of rotatable bonds is 7. The van der Waals surface area contributed by atoms with Crippen LogP contribution in [0, 0.1) is 12.7 Å². The Bertz CT molecular complexity index is 1150. The number of likely N-dealkylation sites (N-methyl/N-ethyl adjacent to an activating group) is 1. The number of aryl methyl sites for hydroxylation is 1. The highest BCUT2D eigenvalue weighted by Crippen LogP contribution is 2.29. The van der Waals surface area contributed by atoms with Crippen molar-refractivity contribution in [1.82, 2.24) is 14.9 Å². The molecule has 0 fully saturated rings. The molecule has 2 heterocycles. The molecule has 0 atom stereocenters. The molecule has 0 aliphatic carbocycles. The van der Waals surface area contributed by atoms with Gasteiger partial charge < -0.3 is 9.64 Å². The zero-order valence-corrected chi connectivity index (χ0v) is 18.6. The number of halogens is 1. The van der Waals surface area contributed by atoms with Gasteiger partial charge in [0.25, 0.3) is 5.91 Å². The molecule has 1 aliphatic heterocycles. The van der Waals surface area contributed by atoms with Crippen LogP contribution in [0.3, 0.4) is 0 Å². The number of hydrogen-bond acceptors (Lipinski definition) is 5. The Balaban J connectivity index is 1.50. The maximum atomic E-state index is 13.3. The minimum Gasteiger partial charge on any atom is -0.484 e. The fourth-order valence-corrected chi connectivity index (χ4v) is 3.72. The second-order valence-corrected chi connectivity index (χ2v) is 7.99. The van der Waals surface area contributed by atoms with Gasteiger partial charge >= 0.3 is 0 Å². The SMILES string of the molecule is Cc1nc(CN(C)C(=O)COc2ccccc2)nc2c1CCC(=O)N2Cc1ccc(F)cc1. The van der Waals surface area contributed by atoms with E-state index in [4.69, 9.17) is 4.74 Å². The Morgan fingerprint density at radius 3 is 2.55 bits per heavy atom. The van der Waals surface area contributed by atoms with Crippen LogP contribution in [0.2, 0.25) is 0 Å². The molecule has 0 radical (unpaired) electrons. The standard InChI is InChI=1S/C25H25FN4O3/c1-17-21-12-13-23(31)30(14-18-8-10-19(26)11-9-18)25(21)28-22(27-17)15-29(2)24(32)16-33-20-6-4-3-5-7-20/h3-11H,12-16H2,1-2H3. The van der Waals surface area contributed by atoms with Crippen LogP contribution in [0.4, 0.5) is 10.2 Å². The highest BCUT2D eigenvalue weighted by molar-refractivity contribution is 5.95. The number of anilines is 1. The number of benzene rings is 2. The average Bonchev–Trinajstić information content (AvgIpc) is 2.81. The third-order valence-corrected chi connectivity index (χ3v) is 5.55. The molecule has 0 saturated carbocycles. The Morgan fingerprint density at radius 1 is 1.09 bits per heavy atom. The van der Waals surface area contributed by atoms with E-state index in [1.54, 1.807) is 36.2 Å². The monoisotopic (exact) mass is 448 g/mol. The molecule has 0 saturated heterocycles. The van der Waals surface area contributed by atoms with E-state index in [-0.39, 0.29) is 30.8 Å². The van der Waals surface area contributed by atoms with Crippen LogP contribution in [0.5, 0.6) is 5.75 Å². The second-order valence-electron chi connectivity index (χ2n) is 7.99. The predicted molar refractivity (Wildman–Crippen MR) is 121 cm³/mol. The van der Waals surface area contributed by atoms with Crippen molar-refractivity contribution in [2.24, 2.45) is 0 Å². The number of para-hydroxylation sites is 1. The number of carbonyl (C=O) groups is 2. The summed E-state index contributed by atoms with van der Waals surface area (Å²) < 4.78 is 18.8. The number of hydrogen-bond donors (Lipinski definition) is 0. The lowest BCUT2D eigenvalue weighted by molar-refractivity contribution is -0.132. The van der Waals surface area contributed by atoms with Crippen LogP contribution in [0.1, 0.15) is 29.1 Å². The van der Waals surface area contributed by atoms with E-state index < -0.39 is 0 Å². The minimum atomic E-state index is -0.325. The van der Waals surface area contributed by atoms with Gasteiger partial charge in [-0.1, -0.05) is 30.3 Å². The molecule has 0 N–H and O–H groups in total. The summed E-state index contributed by atoms with van der Waals surface area (Å²) in [5, 5.41) is 0. The molecule has 1 aliphatic rings. The fraction of sp³-hybridized carbons (Fsp3) is 0.280. The lowest BCUT2D eigenvalue weighted by Crippen LogP contribution is -2.37. The second kappa shape index (κ2) is 9.77. The van der Waals surface area contributed by atoms with Crippen LogP contribution in [-0.4, -0.2) is 40.3 Å². The fourth-order valence-electron chi connectivity index (χ4n) is 3.72. The van der Waals surface area contributed by atoms with Gasteiger partial charge in [-0.15, -0.1) is 0 Å². The first-order valence-electron chi connectivity index (χ1n) is 10.7. The van der Waals surface area contributed by atoms with Crippen molar-refractivity contribution in [2.75, 3.05) is 18.6 Å². The number of aromatic nitrogens is 2. The highest BCUT2D eigenvalue weighted by atomic mass is 19.1. The molecule has 0 spiro atoms. The van der Waals surface area contributed by atoms with E-state index in [2.05, 4.69) is 9.97 Å². The van der Waals surface area contributed by atoms with E-state index in [9.17, 15) is 14.0 Å². The van der Waals surface area contributed by atoms with Crippen LogP contribution in [-0.2, 0) is 29.1 Å². The summed E-state index contributed by atoms with van der Waals surface area (Å²) in [5.74, 6) is 1.04. The minimum absolute atomic E-state index is 0.0448. The van der Waals surface area contributed by atoms with Gasteiger partial charge in [0.15, 0.2) is 6.61 Å². The first-order chi connectivity index (χ1) is 15.9. The normalized spacial score (nSPS) is 12.9. The number of carbonyl (C=O) groups excluding carboxylic acids is 2. The molecule has 8 heteroatoms. The van der Waals surface area contributed by atoms with E-state index in [1.807, 2.05) is 25.1 Å². The van der Waals surface area contributed by atoms with Crippen molar-refractivity contribution in [3.05, 3.63) is 83.1 Å². The summed E-state index contributed by atoms with van der Waals surface area (Å²) in [6.45, 7) is 2.27. The number of ether oxygens (including phenoxy) is 1. The smallest absolute Gasteiger partial charge is 0.260 e. The highest BCUT2D eigenvalue weighted by Gasteiger charge is 2.28. The lowest BCUT2D eigenvalue weighted by Gasteiger charge is -2.30. The van der Waals surface area contributed by atoms with Gasteiger partial charge in [0.1, 0.15) is 23.2 Å². The molecule has 0 unspecified atom stereocenters. The molecule has 2 aromatic carbocycles. The van der Waals surface area contributed by atoms with Crippen molar-refractivity contribution in [3.8, 4) is 5.75 Å². The summed E-state index contributed by atoms with van der Waals surface area (Å²) in [4.78, 5) is 37.6. The Labute approximate surface area is 191 Å². The number of amides is 2. The van der Waals surface area contributed by atoms with E-state index in [1.165, 1.54) is 17.0 Å². The van der Waals surface area contributed by atoms with Gasteiger partial charge in [0.2, 0.25) is 5.91 Å². The summed E-state index contributed by atoms with van der Waals surface area (Å²) in [7, 11) is 1.66. The van der Waals surface area contributed by atoms with Gasteiger partial charge in [-0.25, -0.2) is 14.4 Å². The van der Waals surface area contributed by atoms with Crippen molar-refractivity contribution in [2.45, 2.75) is 32.9 Å². The molecular formula is C25H25FN4O3. The summed E-state index contributed by atoms with van der Waals surface area (Å²) in [6, 6.07) is 15.2. The molecule has 1 aromatic heterocycles. The van der Waals surface area contributed by atoms with Gasteiger partial charge in [0, 0.05) is 24.7 Å². The van der Waals surface area contributed by atoms with Crippen LogP contribution < -0.4 is 9.64 Å². The summed E-state index contributed by atoms with van der Waals surface area (Å²) in [6.07, 6.45) is 0.937. The first kappa shape index (κ1) is 22.4. The van der Waals surface area contributed by atoms with Gasteiger partial charge in [0.05, 0.1) is 13.1 Å². The van der Waals surface area contributed by atoms with Crippen molar-refractivity contribution < 1.29 is 18.7 Å². The van der Waals surface area contributed by atoms with E-state index in [0.29, 0.717) is 36.8 Å². The first-order valence-corrected chi connectivity index (χ1v) is 10.7. The molecule has 3 aromatic rings. The van der Waals surface area contributed by atoms with E-state index >= 15 is 0 Å². The Morgan fingerprint density at radius 2 is 1.82 bits per heavy atom. The van der Waals surface area contributed by atoms with Gasteiger partial charge in [-0.05, 0) is 43.2 Å². The Kier molecular flexibility index (Phi) is 6.63. The zero-order chi connectivity index (χ0) is 23.4. The van der Waals surface area contributed by atoms with Crippen molar-refractivity contribution in [3.63, 3.8) is 0 Å². The van der Waals surface area contributed by atoms with Crippen LogP contribution in [0.15, 0.2) is 54.6 Å². The van der Waals surface area contributed by atoms with Crippen LogP contribution >= 0.6 is 0 Å². The zero-order valence-electron chi connectivity index (χ0n) is 18.6. The van der Waals surface area contributed by atoms with Crippen molar-refractivity contribution >= 4 is 17.6 Å². The number of fused-ring (bicyclic) bond motifs is 1.